The number of nitrogens with zero attached hydrogens (tertiary/aromatic N) is 2. The van der Waals surface area contributed by atoms with Crippen LogP contribution in [0.15, 0.2) is 41.8 Å². The van der Waals surface area contributed by atoms with Gasteiger partial charge in [-0.15, -0.1) is 11.3 Å². The number of amides is 1. The van der Waals surface area contributed by atoms with E-state index in [1.807, 2.05) is 0 Å². The molecule has 2 aromatic rings. The molecular weight excluding hydrogens is 422 g/mol. The third-order valence-corrected chi connectivity index (χ3v) is 7.71. The van der Waals surface area contributed by atoms with E-state index in [9.17, 15) is 9.59 Å². The monoisotopic (exact) mass is 451 g/mol. The summed E-state index contributed by atoms with van der Waals surface area (Å²) in [6, 6.07) is 8.28. The van der Waals surface area contributed by atoms with E-state index in [0.29, 0.717) is 25.9 Å². The molecule has 1 aromatic heterocycles. The maximum atomic E-state index is 12.9. The first-order valence-electron chi connectivity index (χ1n) is 11.3. The predicted molar refractivity (Wildman–Crippen MR) is 126 cm³/mol. The van der Waals surface area contributed by atoms with E-state index < -0.39 is 0 Å². The molecule has 3 aliphatic rings. The second-order valence-electron chi connectivity index (χ2n) is 8.89. The van der Waals surface area contributed by atoms with Gasteiger partial charge in [0.15, 0.2) is 5.78 Å². The Labute approximate surface area is 192 Å². The number of ketones is 1. The number of hydrogen-bond donors (Lipinski definition) is 1. The number of hydrogen-bond acceptors (Lipinski definition) is 6. The zero-order valence-electron chi connectivity index (χ0n) is 18.3. The number of nitrogens with one attached hydrogen (secondary N) is 1. The number of fused-ring (bicyclic) bond motifs is 1. The summed E-state index contributed by atoms with van der Waals surface area (Å²) in [6.45, 7) is 9.70. The highest BCUT2D eigenvalue weighted by Gasteiger charge is 2.39. The van der Waals surface area contributed by atoms with Gasteiger partial charge in [-0.1, -0.05) is 24.3 Å². The van der Waals surface area contributed by atoms with Crippen molar-refractivity contribution in [2.45, 2.75) is 44.9 Å². The van der Waals surface area contributed by atoms with Gasteiger partial charge < -0.3 is 15.0 Å². The second-order valence-corrected chi connectivity index (χ2v) is 9.77. The minimum Gasteiger partial charge on any atom is -0.381 e. The van der Waals surface area contributed by atoms with E-state index in [-0.39, 0.29) is 17.7 Å². The molecule has 1 amide bonds. The lowest BCUT2D eigenvalue weighted by Crippen LogP contribution is -2.43. The van der Waals surface area contributed by atoms with Crippen LogP contribution in [0.5, 0.6) is 0 Å². The molecule has 1 aromatic carbocycles. The molecule has 0 radical (unpaired) electrons. The van der Waals surface area contributed by atoms with Crippen LogP contribution in [-0.2, 0) is 29.2 Å². The molecule has 1 N–H and O–H groups in total. The molecule has 2 aliphatic heterocycles. The van der Waals surface area contributed by atoms with Gasteiger partial charge in [0, 0.05) is 50.4 Å². The number of rotatable bonds is 6. The second kappa shape index (κ2) is 9.17. The summed E-state index contributed by atoms with van der Waals surface area (Å²) < 4.78 is 5.42. The molecule has 0 bridgehead atoms. The number of carbonyl (C=O) groups excluding carboxylic acids is 2. The first kappa shape index (κ1) is 21.4. The van der Waals surface area contributed by atoms with Crippen molar-refractivity contribution in [1.29, 1.82) is 0 Å². The van der Waals surface area contributed by atoms with E-state index in [1.54, 1.807) is 4.90 Å². The zero-order chi connectivity index (χ0) is 22.1. The third kappa shape index (κ3) is 4.37. The SMILES string of the molecule is C=C1CC[C@H](N2Cc3c(CNc4ccc(CN5CCOCC5)cc4)csc3C2=O)C(=O)C1. The number of anilines is 1. The molecule has 2 fully saturated rings. The van der Waals surface area contributed by atoms with E-state index >= 15 is 0 Å². The molecule has 5 rings (SSSR count). The van der Waals surface area contributed by atoms with Crippen molar-refractivity contribution in [3.05, 3.63) is 63.4 Å². The van der Waals surface area contributed by atoms with Crippen LogP contribution in [0.1, 0.15) is 45.6 Å². The number of morpholine rings is 1. The Balaban J connectivity index is 1.19. The number of ether oxygens (including phenoxy) is 1. The summed E-state index contributed by atoms with van der Waals surface area (Å²) >= 11 is 1.50. The van der Waals surface area contributed by atoms with Crippen LogP contribution < -0.4 is 5.32 Å². The zero-order valence-corrected chi connectivity index (χ0v) is 19.1. The summed E-state index contributed by atoms with van der Waals surface area (Å²) in [5.74, 6) is 0.135. The number of allylic oxidation sites excluding steroid dienone is 1. The Morgan fingerprint density at radius 2 is 1.94 bits per heavy atom. The Morgan fingerprint density at radius 1 is 1.16 bits per heavy atom. The van der Waals surface area contributed by atoms with E-state index in [0.717, 1.165) is 66.5 Å². The van der Waals surface area contributed by atoms with Crippen molar-refractivity contribution in [3.8, 4) is 0 Å². The van der Waals surface area contributed by atoms with Gasteiger partial charge in [-0.3, -0.25) is 14.5 Å². The lowest BCUT2D eigenvalue weighted by molar-refractivity contribution is -0.124. The van der Waals surface area contributed by atoms with Crippen molar-refractivity contribution < 1.29 is 14.3 Å². The van der Waals surface area contributed by atoms with Gasteiger partial charge in [-0.2, -0.15) is 0 Å². The molecular formula is C25H29N3O3S. The summed E-state index contributed by atoms with van der Waals surface area (Å²) in [6.07, 6.45) is 1.92. The van der Waals surface area contributed by atoms with E-state index in [4.69, 9.17) is 4.74 Å². The quantitative estimate of drug-likeness (QED) is 0.677. The molecule has 1 saturated heterocycles. The molecule has 3 heterocycles. The van der Waals surface area contributed by atoms with Crippen LogP contribution in [0, 0.1) is 0 Å². The number of carbonyl (C=O) groups is 2. The summed E-state index contributed by atoms with van der Waals surface area (Å²) in [5, 5.41) is 5.57. The fourth-order valence-electron chi connectivity index (χ4n) is 4.77. The van der Waals surface area contributed by atoms with Crippen molar-refractivity contribution in [1.82, 2.24) is 9.80 Å². The molecule has 7 heteroatoms. The lowest BCUT2D eigenvalue weighted by atomic mass is 9.90. The fourth-order valence-corrected chi connectivity index (χ4v) is 5.81. The van der Waals surface area contributed by atoms with Crippen LogP contribution >= 0.6 is 11.3 Å². The van der Waals surface area contributed by atoms with Gasteiger partial charge in [-0.05, 0) is 41.5 Å². The first-order valence-corrected chi connectivity index (χ1v) is 12.2. The maximum absolute atomic E-state index is 12.9. The average Bonchev–Trinajstić information content (AvgIpc) is 3.34. The van der Waals surface area contributed by atoms with E-state index in [2.05, 4.69) is 46.4 Å². The summed E-state index contributed by atoms with van der Waals surface area (Å²) in [4.78, 5) is 30.4. The highest BCUT2D eigenvalue weighted by molar-refractivity contribution is 7.12. The Morgan fingerprint density at radius 3 is 2.69 bits per heavy atom. The van der Waals surface area contributed by atoms with Gasteiger partial charge >= 0.3 is 0 Å². The van der Waals surface area contributed by atoms with Crippen LogP contribution in [-0.4, -0.2) is 53.8 Å². The fraction of sp³-hybridized carbons (Fsp3) is 0.440. The third-order valence-electron chi connectivity index (χ3n) is 6.65. The van der Waals surface area contributed by atoms with Gasteiger partial charge in [0.1, 0.15) is 0 Å². The Bertz CT molecular complexity index is 1020. The topological polar surface area (TPSA) is 61.9 Å². The van der Waals surface area contributed by atoms with Gasteiger partial charge in [0.2, 0.25) is 0 Å². The van der Waals surface area contributed by atoms with Gasteiger partial charge in [0.05, 0.1) is 24.1 Å². The standard InChI is InChI=1S/C25H29N3O3S/c1-17-2-7-22(23(29)12-17)28-15-21-19(16-32-24(21)25(28)30)13-26-20-5-3-18(4-6-20)14-27-8-10-31-11-9-27/h3-6,16,22,26H,1-2,7-15H2/t22-/m0/s1. The molecule has 1 atom stereocenters. The smallest absolute Gasteiger partial charge is 0.265 e. The number of benzene rings is 1. The first-order chi connectivity index (χ1) is 15.6. The summed E-state index contributed by atoms with van der Waals surface area (Å²) in [7, 11) is 0. The molecule has 1 saturated carbocycles. The Kier molecular flexibility index (Phi) is 6.13. The van der Waals surface area contributed by atoms with Crippen molar-refractivity contribution in [2.75, 3.05) is 31.6 Å². The molecule has 32 heavy (non-hydrogen) atoms. The normalized spacial score (nSPS) is 21.8. The van der Waals surface area contributed by atoms with Crippen molar-refractivity contribution in [3.63, 3.8) is 0 Å². The number of thiophene rings is 1. The number of Topliss-reactive ketones (excluding diaryl/α,β-unsaturated/α-hetero) is 1. The van der Waals surface area contributed by atoms with Crippen LogP contribution in [0.2, 0.25) is 0 Å². The molecule has 168 valence electrons. The minimum atomic E-state index is -0.299. The lowest BCUT2D eigenvalue weighted by Gasteiger charge is -2.30. The summed E-state index contributed by atoms with van der Waals surface area (Å²) in [5.41, 5.74) is 5.57. The minimum absolute atomic E-state index is 0.00887. The largest absolute Gasteiger partial charge is 0.381 e. The maximum Gasteiger partial charge on any atom is 0.265 e. The molecule has 1 aliphatic carbocycles. The van der Waals surface area contributed by atoms with Crippen molar-refractivity contribution >= 4 is 28.7 Å². The van der Waals surface area contributed by atoms with Gasteiger partial charge in [-0.25, -0.2) is 0 Å². The van der Waals surface area contributed by atoms with Crippen molar-refractivity contribution in [2.24, 2.45) is 0 Å². The van der Waals surface area contributed by atoms with Crippen LogP contribution in [0.4, 0.5) is 5.69 Å². The molecule has 0 unspecified atom stereocenters. The predicted octanol–water partition coefficient (Wildman–Crippen LogP) is 3.83. The molecule has 6 nitrogen and oxygen atoms in total. The highest BCUT2D eigenvalue weighted by atomic mass is 32.1. The average molecular weight is 452 g/mol. The van der Waals surface area contributed by atoms with Crippen LogP contribution in [0.25, 0.3) is 0 Å². The highest BCUT2D eigenvalue weighted by Crippen LogP contribution is 2.36. The van der Waals surface area contributed by atoms with E-state index in [1.165, 1.54) is 16.9 Å². The molecule has 0 spiro atoms. The Hall–Kier alpha value is -2.48. The van der Waals surface area contributed by atoms with Gasteiger partial charge in [0.25, 0.3) is 5.91 Å². The van der Waals surface area contributed by atoms with Crippen LogP contribution in [0.3, 0.4) is 0 Å².